The predicted molar refractivity (Wildman–Crippen MR) is 41.0 cm³/mol. The lowest BCUT2D eigenvalue weighted by Crippen LogP contribution is -2.40. The Labute approximate surface area is 62.0 Å². The maximum atomic E-state index is 5.14. The van der Waals surface area contributed by atoms with E-state index in [1.807, 2.05) is 20.8 Å². The molecule has 0 aromatic carbocycles. The van der Waals surface area contributed by atoms with E-state index >= 15 is 0 Å². The first kappa shape index (κ1) is 9.84. The second kappa shape index (κ2) is 5.61. The highest BCUT2D eigenvalue weighted by Gasteiger charge is 1.97. The van der Waals surface area contributed by atoms with Gasteiger partial charge in [0.05, 0.1) is 6.10 Å². The lowest BCUT2D eigenvalue weighted by atomic mass is 10.4. The van der Waals surface area contributed by atoms with Gasteiger partial charge in [0.2, 0.25) is 0 Å². The molecule has 0 spiro atoms. The molecule has 0 saturated heterocycles. The maximum absolute atomic E-state index is 5.14. The minimum absolute atomic E-state index is 0.213. The normalized spacial score (nSPS) is 14.1. The van der Waals surface area contributed by atoms with Crippen molar-refractivity contribution in [2.24, 2.45) is 5.84 Å². The van der Waals surface area contributed by atoms with Crippen LogP contribution in [-0.2, 0) is 4.84 Å². The van der Waals surface area contributed by atoms with E-state index in [0.717, 1.165) is 0 Å². The van der Waals surface area contributed by atoms with Crippen LogP contribution in [0.15, 0.2) is 0 Å². The Bertz CT molecular complexity index is 77.4. The Balaban J connectivity index is 3.03. The van der Waals surface area contributed by atoms with Crippen molar-refractivity contribution >= 4 is 0 Å². The van der Waals surface area contributed by atoms with E-state index in [2.05, 4.69) is 10.9 Å². The lowest BCUT2D eigenvalue weighted by molar-refractivity contribution is -0.00791. The van der Waals surface area contributed by atoms with Gasteiger partial charge in [0.1, 0.15) is 0 Å². The van der Waals surface area contributed by atoms with Gasteiger partial charge in [-0.05, 0) is 20.8 Å². The molecule has 0 aliphatic rings. The second-order valence-electron chi connectivity index (χ2n) is 2.58. The van der Waals surface area contributed by atoms with E-state index in [9.17, 15) is 0 Å². The number of nitrogens with two attached hydrogens (primary N) is 1. The monoisotopic (exact) mass is 147 g/mol. The van der Waals surface area contributed by atoms with Crippen molar-refractivity contribution in [1.82, 2.24) is 10.9 Å². The summed E-state index contributed by atoms with van der Waals surface area (Å²) in [4.78, 5) is 5.07. The molecule has 0 rings (SSSR count). The van der Waals surface area contributed by atoms with Crippen molar-refractivity contribution in [2.75, 3.05) is 6.54 Å². The largest absolute Gasteiger partial charge is 0.299 e. The summed E-state index contributed by atoms with van der Waals surface area (Å²) < 4.78 is 0. The summed E-state index contributed by atoms with van der Waals surface area (Å²) in [6, 6.07) is 0.235. The van der Waals surface area contributed by atoms with Gasteiger partial charge in [-0.2, -0.15) is 0 Å². The molecule has 0 aliphatic carbocycles. The molecular weight excluding hydrogens is 130 g/mol. The number of hydrazine groups is 1. The highest BCUT2D eigenvalue weighted by atomic mass is 16.7. The van der Waals surface area contributed by atoms with Crippen LogP contribution in [0.25, 0.3) is 0 Å². The van der Waals surface area contributed by atoms with Gasteiger partial charge in [0.25, 0.3) is 0 Å². The first-order valence-electron chi connectivity index (χ1n) is 3.51. The van der Waals surface area contributed by atoms with Crippen LogP contribution in [0.4, 0.5) is 0 Å². The third kappa shape index (κ3) is 5.97. The van der Waals surface area contributed by atoms with Crippen LogP contribution in [0, 0.1) is 0 Å². The zero-order valence-corrected chi connectivity index (χ0v) is 6.85. The van der Waals surface area contributed by atoms with E-state index in [1.54, 1.807) is 0 Å². The van der Waals surface area contributed by atoms with Crippen LogP contribution in [0.1, 0.15) is 20.8 Å². The smallest absolute Gasteiger partial charge is 0.0734 e. The van der Waals surface area contributed by atoms with Crippen LogP contribution in [0.5, 0.6) is 0 Å². The molecule has 0 fully saturated rings. The predicted octanol–water partition coefficient (Wildman–Crippen LogP) is -0.232. The Morgan fingerprint density at radius 3 is 2.40 bits per heavy atom. The van der Waals surface area contributed by atoms with Crippen LogP contribution >= 0.6 is 0 Å². The van der Waals surface area contributed by atoms with E-state index in [0.29, 0.717) is 6.54 Å². The van der Waals surface area contributed by atoms with Gasteiger partial charge in [0.15, 0.2) is 0 Å². The minimum atomic E-state index is 0.213. The molecule has 1 atom stereocenters. The van der Waals surface area contributed by atoms with Crippen LogP contribution in [0.3, 0.4) is 0 Å². The summed E-state index contributed by atoms with van der Waals surface area (Å²) in [5, 5.41) is 0. The summed E-state index contributed by atoms with van der Waals surface area (Å²) in [6.45, 7) is 6.62. The van der Waals surface area contributed by atoms with Crippen molar-refractivity contribution in [3.8, 4) is 0 Å². The fraction of sp³-hybridized carbons (Fsp3) is 1.00. The van der Waals surface area contributed by atoms with E-state index in [1.165, 1.54) is 0 Å². The number of rotatable bonds is 5. The van der Waals surface area contributed by atoms with Crippen molar-refractivity contribution in [1.29, 1.82) is 0 Å². The number of hydrogen-bond donors (Lipinski definition) is 3. The van der Waals surface area contributed by atoms with Gasteiger partial charge in [-0.15, -0.1) is 0 Å². The van der Waals surface area contributed by atoms with Crippen molar-refractivity contribution < 1.29 is 4.84 Å². The highest BCUT2D eigenvalue weighted by molar-refractivity contribution is 4.54. The van der Waals surface area contributed by atoms with Crippen molar-refractivity contribution in [3.05, 3.63) is 0 Å². The molecule has 1 unspecified atom stereocenters. The Hall–Kier alpha value is -0.160. The first-order valence-corrected chi connectivity index (χ1v) is 3.51. The summed E-state index contributed by atoms with van der Waals surface area (Å²) in [5.41, 5.74) is 5.39. The Morgan fingerprint density at radius 1 is 1.40 bits per heavy atom. The first-order chi connectivity index (χ1) is 4.66. The maximum Gasteiger partial charge on any atom is 0.0734 e. The van der Waals surface area contributed by atoms with Crippen molar-refractivity contribution in [3.63, 3.8) is 0 Å². The van der Waals surface area contributed by atoms with E-state index < -0.39 is 0 Å². The van der Waals surface area contributed by atoms with Gasteiger partial charge >= 0.3 is 0 Å². The van der Waals surface area contributed by atoms with E-state index in [-0.39, 0.29) is 12.1 Å². The molecule has 0 aromatic rings. The van der Waals surface area contributed by atoms with Gasteiger partial charge in [-0.1, -0.05) is 0 Å². The second-order valence-corrected chi connectivity index (χ2v) is 2.58. The fourth-order valence-corrected chi connectivity index (χ4v) is 0.399. The molecule has 4 heteroatoms. The molecule has 0 aliphatic heterocycles. The summed E-state index contributed by atoms with van der Waals surface area (Å²) in [5.74, 6) is 5.14. The summed E-state index contributed by atoms with van der Waals surface area (Å²) >= 11 is 0. The number of hydroxylamine groups is 1. The third-order valence-electron chi connectivity index (χ3n) is 0.993. The van der Waals surface area contributed by atoms with E-state index in [4.69, 9.17) is 10.7 Å². The average molecular weight is 147 g/mol. The van der Waals surface area contributed by atoms with Gasteiger partial charge in [-0.25, -0.2) is 5.48 Å². The Morgan fingerprint density at radius 2 is 2.00 bits per heavy atom. The molecule has 4 N–H and O–H groups in total. The molecule has 4 nitrogen and oxygen atoms in total. The number of hydrogen-bond acceptors (Lipinski definition) is 4. The van der Waals surface area contributed by atoms with Gasteiger partial charge in [0, 0.05) is 12.6 Å². The SMILES string of the molecule is CC(CNOC(C)C)NN. The molecule has 0 amide bonds. The molecule has 0 radical (unpaired) electrons. The Kier molecular flexibility index (Phi) is 5.52. The molecule has 0 bridgehead atoms. The van der Waals surface area contributed by atoms with Crippen LogP contribution in [0.2, 0.25) is 0 Å². The lowest BCUT2D eigenvalue weighted by Gasteiger charge is -2.12. The van der Waals surface area contributed by atoms with Crippen LogP contribution in [-0.4, -0.2) is 18.7 Å². The van der Waals surface area contributed by atoms with Crippen LogP contribution < -0.4 is 16.7 Å². The zero-order valence-electron chi connectivity index (χ0n) is 6.85. The average Bonchev–Trinajstić information content (AvgIpc) is 1.87. The topological polar surface area (TPSA) is 59.3 Å². The quantitative estimate of drug-likeness (QED) is 0.371. The molecule has 62 valence electrons. The molecular formula is C6H17N3O. The molecule has 0 heterocycles. The number of nitrogens with one attached hydrogen (secondary N) is 2. The summed E-state index contributed by atoms with van der Waals surface area (Å²) in [6.07, 6.45) is 0.213. The highest BCUT2D eigenvalue weighted by Crippen LogP contribution is 1.82. The molecule has 0 saturated carbocycles. The standard InChI is InChI=1S/C6H17N3O/c1-5(2)10-8-4-6(3)9-7/h5-6,8-9H,4,7H2,1-3H3. The summed E-state index contributed by atoms with van der Waals surface area (Å²) in [7, 11) is 0. The third-order valence-corrected chi connectivity index (χ3v) is 0.993. The molecule has 10 heavy (non-hydrogen) atoms. The van der Waals surface area contributed by atoms with Gasteiger partial charge < -0.3 is 0 Å². The zero-order chi connectivity index (χ0) is 7.98. The minimum Gasteiger partial charge on any atom is -0.299 e. The fourth-order valence-electron chi connectivity index (χ4n) is 0.399. The van der Waals surface area contributed by atoms with Crippen molar-refractivity contribution in [2.45, 2.75) is 32.9 Å². The molecule has 0 aromatic heterocycles. The van der Waals surface area contributed by atoms with Gasteiger partial charge in [-0.3, -0.25) is 16.1 Å².